The number of ether oxygens (including phenoxy) is 1. The molecule has 0 saturated carbocycles. The second-order valence-electron chi connectivity index (χ2n) is 2.62. The monoisotopic (exact) mass is 198 g/mol. The highest BCUT2D eigenvalue weighted by Crippen LogP contribution is 2.12. The number of aromatic hydroxyl groups is 1. The molecule has 6 heteroatoms. The summed E-state index contributed by atoms with van der Waals surface area (Å²) >= 11 is 0. The van der Waals surface area contributed by atoms with Crippen LogP contribution in [-0.2, 0) is 16.1 Å². The van der Waals surface area contributed by atoms with E-state index in [1.807, 2.05) is 0 Å². The smallest absolute Gasteiger partial charge is 0.325 e. The fourth-order valence-corrected chi connectivity index (χ4v) is 0.910. The number of anilines is 1. The number of hydrogen-bond acceptors (Lipinski definition) is 5. The highest BCUT2D eigenvalue weighted by molar-refractivity contribution is 5.69. The zero-order valence-electron chi connectivity index (χ0n) is 7.56. The van der Waals surface area contributed by atoms with Crippen molar-refractivity contribution in [3.8, 4) is 5.75 Å². The molecule has 0 aliphatic heterocycles. The number of nitrogens with two attached hydrogens (primary N) is 1. The molecule has 0 amide bonds. The van der Waals surface area contributed by atoms with Gasteiger partial charge in [-0.05, 0) is 6.07 Å². The first kappa shape index (κ1) is 10.1. The van der Waals surface area contributed by atoms with Gasteiger partial charge >= 0.3 is 5.97 Å². The Kier molecular flexibility index (Phi) is 2.76. The van der Waals surface area contributed by atoms with Crippen LogP contribution in [0.4, 0.5) is 5.69 Å². The Bertz CT molecular complexity index is 410. The topological polar surface area (TPSA) is 94.6 Å². The molecule has 0 aliphatic carbocycles. The number of nitrogens with zero attached hydrogens (tertiary/aromatic N) is 1. The lowest BCUT2D eigenvalue weighted by atomic mass is 10.4. The molecule has 76 valence electrons. The molecule has 14 heavy (non-hydrogen) atoms. The number of nitrogen functional groups attached to an aromatic ring is 1. The van der Waals surface area contributed by atoms with E-state index in [2.05, 4.69) is 4.74 Å². The van der Waals surface area contributed by atoms with Gasteiger partial charge in [0.15, 0.2) is 0 Å². The summed E-state index contributed by atoms with van der Waals surface area (Å²) in [7, 11) is 1.22. The molecule has 0 bridgehead atoms. The lowest BCUT2D eigenvalue weighted by Crippen LogP contribution is -2.26. The van der Waals surface area contributed by atoms with Crippen LogP contribution in [0.25, 0.3) is 0 Å². The van der Waals surface area contributed by atoms with E-state index >= 15 is 0 Å². The van der Waals surface area contributed by atoms with E-state index in [9.17, 15) is 9.59 Å². The van der Waals surface area contributed by atoms with Crippen LogP contribution in [0.1, 0.15) is 0 Å². The molecule has 0 unspecified atom stereocenters. The van der Waals surface area contributed by atoms with E-state index in [4.69, 9.17) is 10.8 Å². The first-order valence-corrected chi connectivity index (χ1v) is 3.81. The molecule has 0 saturated heterocycles. The maximum Gasteiger partial charge on any atom is 0.325 e. The first-order chi connectivity index (χ1) is 6.56. The minimum absolute atomic E-state index is 0.222. The molecule has 0 radical (unpaired) electrons. The average Bonchev–Trinajstić information content (AvgIpc) is 2.19. The second-order valence-corrected chi connectivity index (χ2v) is 2.62. The van der Waals surface area contributed by atoms with Gasteiger partial charge in [-0.2, -0.15) is 0 Å². The van der Waals surface area contributed by atoms with Crippen LogP contribution in [-0.4, -0.2) is 22.8 Å². The highest BCUT2D eigenvalue weighted by atomic mass is 16.5. The van der Waals surface area contributed by atoms with E-state index in [0.717, 1.165) is 4.57 Å². The van der Waals surface area contributed by atoms with Gasteiger partial charge in [0, 0.05) is 6.20 Å². The SMILES string of the molecule is COC(=O)Cn1ccc(O)c(N)c1=O. The van der Waals surface area contributed by atoms with Crippen molar-refractivity contribution in [1.82, 2.24) is 4.57 Å². The second kappa shape index (κ2) is 3.82. The van der Waals surface area contributed by atoms with Crippen LogP contribution >= 0.6 is 0 Å². The van der Waals surface area contributed by atoms with E-state index in [1.165, 1.54) is 19.4 Å². The third-order valence-corrected chi connectivity index (χ3v) is 1.71. The minimum Gasteiger partial charge on any atom is -0.506 e. The summed E-state index contributed by atoms with van der Waals surface area (Å²) in [4.78, 5) is 22.2. The molecule has 1 heterocycles. The zero-order chi connectivity index (χ0) is 10.7. The number of esters is 1. The molecule has 3 N–H and O–H groups in total. The van der Waals surface area contributed by atoms with Crippen LogP contribution in [0.2, 0.25) is 0 Å². The fourth-order valence-electron chi connectivity index (χ4n) is 0.910. The predicted molar refractivity (Wildman–Crippen MR) is 48.8 cm³/mol. The lowest BCUT2D eigenvalue weighted by Gasteiger charge is -2.05. The van der Waals surface area contributed by atoms with Gasteiger partial charge in [-0.15, -0.1) is 0 Å². The number of aromatic nitrogens is 1. The van der Waals surface area contributed by atoms with Gasteiger partial charge in [-0.3, -0.25) is 9.59 Å². The molecule has 6 nitrogen and oxygen atoms in total. The number of carbonyl (C=O) groups excluding carboxylic acids is 1. The van der Waals surface area contributed by atoms with E-state index in [1.54, 1.807) is 0 Å². The Hall–Kier alpha value is -1.98. The lowest BCUT2D eigenvalue weighted by molar-refractivity contribution is -0.141. The third-order valence-electron chi connectivity index (χ3n) is 1.71. The molecule has 0 spiro atoms. The van der Waals surface area contributed by atoms with Crippen molar-refractivity contribution < 1.29 is 14.6 Å². The van der Waals surface area contributed by atoms with E-state index in [-0.39, 0.29) is 18.0 Å². The summed E-state index contributed by atoms with van der Waals surface area (Å²) in [6, 6.07) is 1.24. The molecule has 0 aliphatic rings. The molecule has 1 aromatic heterocycles. The molecular formula is C8H10N2O4. The Morgan fingerprint density at radius 3 is 2.93 bits per heavy atom. The van der Waals surface area contributed by atoms with Gasteiger partial charge in [0.2, 0.25) is 0 Å². The van der Waals surface area contributed by atoms with Crippen LogP contribution in [0, 0.1) is 0 Å². The van der Waals surface area contributed by atoms with E-state index in [0.29, 0.717) is 0 Å². The van der Waals surface area contributed by atoms with Crippen molar-refractivity contribution in [2.75, 3.05) is 12.8 Å². The number of methoxy groups -OCH3 is 1. The number of rotatable bonds is 2. The van der Waals surface area contributed by atoms with Crippen LogP contribution in [0.3, 0.4) is 0 Å². The van der Waals surface area contributed by atoms with Crippen molar-refractivity contribution in [2.45, 2.75) is 6.54 Å². The summed E-state index contributed by atoms with van der Waals surface area (Å²) in [6.45, 7) is -0.222. The fraction of sp³-hybridized carbons (Fsp3) is 0.250. The molecule has 0 fully saturated rings. The normalized spacial score (nSPS) is 9.79. The Labute approximate surface area is 79.5 Å². The van der Waals surface area contributed by atoms with Gasteiger partial charge < -0.3 is 20.1 Å². The van der Waals surface area contributed by atoms with Crippen LogP contribution < -0.4 is 11.3 Å². The average molecular weight is 198 g/mol. The molecule has 1 aromatic rings. The van der Waals surface area contributed by atoms with E-state index < -0.39 is 11.5 Å². The molecular weight excluding hydrogens is 188 g/mol. The van der Waals surface area contributed by atoms with Gasteiger partial charge in [-0.25, -0.2) is 0 Å². The van der Waals surface area contributed by atoms with Crippen LogP contribution in [0.15, 0.2) is 17.1 Å². The first-order valence-electron chi connectivity index (χ1n) is 3.81. The van der Waals surface area contributed by atoms with Gasteiger partial charge in [0.05, 0.1) is 7.11 Å². The molecule has 1 rings (SSSR count). The largest absolute Gasteiger partial charge is 0.506 e. The summed E-state index contributed by atoms with van der Waals surface area (Å²) in [5.41, 5.74) is 4.37. The van der Waals surface area contributed by atoms with Crippen molar-refractivity contribution in [3.63, 3.8) is 0 Å². The van der Waals surface area contributed by atoms with Crippen molar-refractivity contribution in [1.29, 1.82) is 0 Å². The van der Waals surface area contributed by atoms with Crippen LogP contribution in [0.5, 0.6) is 5.75 Å². The summed E-state index contributed by atoms with van der Waals surface area (Å²) < 4.78 is 5.43. The van der Waals surface area contributed by atoms with Crippen molar-refractivity contribution in [3.05, 3.63) is 22.6 Å². The van der Waals surface area contributed by atoms with Gasteiger partial charge in [-0.1, -0.05) is 0 Å². The minimum atomic E-state index is -0.615. The summed E-state index contributed by atoms with van der Waals surface area (Å²) in [5.74, 6) is -0.853. The number of hydrogen-bond donors (Lipinski definition) is 2. The van der Waals surface area contributed by atoms with Gasteiger partial charge in [0.25, 0.3) is 5.56 Å². The third kappa shape index (κ3) is 1.85. The maximum atomic E-state index is 11.3. The standard InChI is InChI=1S/C8H10N2O4/c1-14-6(12)4-10-3-2-5(11)7(9)8(10)13/h2-3,11H,4,9H2,1H3. The van der Waals surface area contributed by atoms with Gasteiger partial charge in [0.1, 0.15) is 18.0 Å². The Balaban J connectivity index is 3.06. The quantitative estimate of drug-likeness (QED) is 0.613. The number of pyridine rings is 1. The van der Waals surface area contributed by atoms with Crippen molar-refractivity contribution in [2.24, 2.45) is 0 Å². The summed E-state index contributed by atoms with van der Waals surface area (Å²) in [5, 5.41) is 9.06. The Morgan fingerprint density at radius 1 is 1.71 bits per heavy atom. The highest BCUT2D eigenvalue weighted by Gasteiger charge is 2.08. The Morgan fingerprint density at radius 2 is 2.36 bits per heavy atom. The maximum absolute atomic E-state index is 11.3. The van der Waals surface area contributed by atoms with Crippen molar-refractivity contribution >= 4 is 11.7 Å². The predicted octanol–water partition coefficient (Wildman–Crippen LogP) is -0.691. The molecule has 0 aromatic carbocycles. The zero-order valence-corrected chi connectivity index (χ0v) is 7.56. The molecule has 0 atom stereocenters. The summed E-state index contributed by atoms with van der Waals surface area (Å²) in [6.07, 6.45) is 1.27. The number of carbonyl (C=O) groups is 1.